The molecule has 0 spiro atoms. The highest BCUT2D eigenvalue weighted by Gasteiger charge is 2.20. The number of aromatic nitrogens is 3. The molecule has 0 amide bonds. The fourth-order valence-corrected chi connectivity index (χ4v) is 2.85. The lowest BCUT2D eigenvalue weighted by Gasteiger charge is -2.25. The monoisotopic (exact) mass is 250 g/mol. The molecule has 2 aromatic rings. The van der Waals surface area contributed by atoms with Gasteiger partial charge in [-0.3, -0.25) is 9.47 Å². The van der Waals surface area contributed by atoms with Crippen molar-refractivity contribution in [2.75, 3.05) is 6.54 Å². The number of rotatable bonds is 2. The first-order valence-corrected chi connectivity index (χ1v) is 6.54. The van der Waals surface area contributed by atoms with Gasteiger partial charge in [0.15, 0.2) is 0 Å². The van der Waals surface area contributed by atoms with Crippen LogP contribution in [0.2, 0.25) is 0 Å². The van der Waals surface area contributed by atoms with Crippen molar-refractivity contribution < 1.29 is 0 Å². The topological polar surface area (TPSA) is 43.1 Å². The summed E-state index contributed by atoms with van der Waals surface area (Å²) in [4.78, 5) is 14.0. The molecule has 1 aliphatic rings. The summed E-state index contributed by atoms with van der Waals surface area (Å²) >= 11 is 1.72. The lowest BCUT2D eigenvalue weighted by Crippen LogP contribution is -2.37. The number of nitrogens with zero attached hydrogens (tertiary/aromatic N) is 4. The van der Waals surface area contributed by atoms with Gasteiger partial charge in [0.2, 0.25) is 0 Å². The summed E-state index contributed by atoms with van der Waals surface area (Å²) in [6.45, 7) is 3.35. The summed E-state index contributed by atoms with van der Waals surface area (Å²) in [7, 11) is 1.71. The molecule has 0 bridgehead atoms. The number of hydrogen-bond acceptors (Lipinski definition) is 4. The molecule has 17 heavy (non-hydrogen) atoms. The minimum atomic E-state index is -0.00446. The molecule has 6 heteroatoms. The maximum Gasteiger partial charge on any atom is 0.345 e. The Hall–Kier alpha value is -1.40. The van der Waals surface area contributed by atoms with E-state index in [4.69, 9.17) is 0 Å². The van der Waals surface area contributed by atoms with Gasteiger partial charge in [-0.2, -0.15) is 16.4 Å². The van der Waals surface area contributed by atoms with Crippen LogP contribution in [0.3, 0.4) is 0 Å². The summed E-state index contributed by atoms with van der Waals surface area (Å²) < 4.78 is 3.19. The minimum Gasteiger partial charge on any atom is -0.290 e. The second-order valence-corrected chi connectivity index (χ2v) is 5.10. The van der Waals surface area contributed by atoms with E-state index in [0.29, 0.717) is 0 Å². The van der Waals surface area contributed by atoms with Crippen LogP contribution in [0.5, 0.6) is 0 Å². The Morgan fingerprint density at radius 1 is 1.47 bits per heavy atom. The molecule has 90 valence electrons. The third-order valence-corrected chi connectivity index (χ3v) is 3.81. The molecule has 3 rings (SSSR count). The van der Waals surface area contributed by atoms with Gasteiger partial charge in [-0.25, -0.2) is 9.48 Å². The van der Waals surface area contributed by atoms with Gasteiger partial charge in [-0.15, -0.1) is 0 Å². The van der Waals surface area contributed by atoms with Crippen LogP contribution in [-0.2, 0) is 26.7 Å². The van der Waals surface area contributed by atoms with Crippen molar-refractivity contribution in [1.82, 2.24) is 19.2 Å². The zero-order valence-electron chi connectivity index (χ0n) is 9.67. The molecule has 0 saturated carbocycles. The number of fused-ring (bicyclic) bond motifs is 1. The fraction of sp³-hybridized carbons (Fsp3) is 0.455. The quantitative estimate of drug-likeness (QED) is 0.786. The zero-order valence-corrected chi connectivity index (χ0v) is 10.5. The molecular weight excluding hydrogens is 236 g/mol. The summed E-state index contributed by atoms with van der Waals surface area (Å²) in [5, 5.41) is 8.52. The molecule has 0 aliphatic carbocycles. The summed E-state index contributed by atoms with van der Waals surface area (Å²) in [5.74, 6) is 0.874. The highest BCUT2D eigenvalue weighted by Crippen LogP contribution is 2.14. The van der Waals surface area contributed by atoms with Crippen LogP contribution < -0.4 is 5.69 Å². The lowest BCUT2D eigenvalue weighted by molar-refractivity contribution is 0.207. The molecule has 0 N–H and O–H groups in total. The van der Waals surface area contributed by atoms with E-state index in [0.717, 1.165) is 32.0 Å². The number of aryl methyl sites for hydroxylation is 1. The highest BCUT2D eigenvalue weighted by molar-refractivity contribution is 7.07. The van der Waals surface area contributed by atoms with Gasteiger partial charge < -0.3 is 0 Å². The van der Waals surface area contributed by atoms with Gasteiger partial charge in [0.1, 0.15) is 5.82 Å². The van der Waals surface area contributed by atoms with E-state index in [-0.39, 0.29) is 5.69 Å². The summed E-state index contributed by atoms with van der Waals surface area (Å²) in [6, 6.07) is 2.14. The van der Waals surface area contributed by atoms with Gasteiger partial charge in [0.05, 0.1) is 6.54 Å². The van der Waals surface area contributed by atoms with E-state index in [1.165, 1.54) is 10.2 Å². The zero-order chi connectivity index (χ0) is 11.8. The predicted octanol–water partition coefficient (Wildman–Crippen LogP) is 0.659. The third kappa shape index (κ3) is 1.94. The van der Waals surface area contributed by atoms with Crippen molar-refractivity contribution in [3.05, 3.63) is 38.7 Å². The maximum absolute atomic E-state index is 11.7. The molecule has 0 atom stereocenters. The van der Waals surface area contributed by atoms with Crippen molar-refractivity contribution in [2.45, 2.75) is 19.6 Å². The molecule has 0 radical (unpaired) electrons. The molecule has 1 aliphatic heterocycles. The van der Waals surface area contributed by atoms with Crippen LogP contribution in [0.25, 0.3) is 0 Å². The maximum atomic E-state index is 11.7. The molecular formula is C11H14N4OS. The van der Waals surface area contributed by atoms with E-state index in [9.17, 15) is 4.79 Å². The van der Waals surface area contributed by atoms with E-state index < -0.39 is 0 Å². The Bertz CT molecular complexity index is 569. The van der Waals surface area contributed by atoms with Gasteiger partial charge >= 0.3 is 5.69 Å². The van der Waals surface area contributed by atoms with Gasteiger partial charge in [0.25, 0.3) is 0 Å². The number of thiophene rings is 1. The van der Waals surface area contributed by atoms with Crippen LogP contribution >= 0.6 is 11.3 Å². The Balaban J connectivity index is 1.79. The van der Waals surface area contributed by atoms with Crippen LogP contribution in [-0.4, -0.2) is 25.8 Å². The molecule has 0 aromatic carbocycles. The molecule has 0 saturated heterocycles. The Morgan fingerprint density at radius 3 is 3.12 bits per heavy atom. The van der Waals surface area contributed by atoms with Crippen molar-refractivity contribution in [3.8, 4) is 0 Å². The molecule has 0 fully saturated rings. The Labute approximate surface area is 103 Å². The predicted molar refractivity (Wildman–Crippen MR) is 65.9 cm³/mol. The van der Waals surface area contributed by atoms with E-state index in [1.807, 2.05) is 0 Å². The first kappa shape index (κ1) is 10.7. The number of hydrogen-bond donors (Lipinski definition) is 0. The summed E-state index contributed by atoms with van der Waals surface area (Å²) in [6.07, 6.45) is 0. The van der Waals surface area contributed by atoms with Gasteiger partial charge in [-0.05, 0) is 22.4 Å². The minimum absolute atomic E-state index is 0.00446. The van der Waals surface area contributed by atoms with E-state index in [1.54, 1.807) is 23.0 Å². The Kier molecular flexibility index (Phi) is 2.60. The molecule has 3 heterocycles. The third-order valence-electron chi connectivity index (χ3n) is 3.08. The largest absolute Gasteiger partial charge is 0.345 e. The Morgan fingerprint density at radius 2 is 2.35 bits per heavy atom. The van der Waals surface area contributed by atoms with E-state index in [2.05, 4.69) is 26.8 Å². The van der Waals surface area contributed by atoms with Crippen LogP contribution in [0, 0.1) is 0 Å². The second-order valence-electron chi connectivity index (χ2n) is 4.32. The second kappa shape index (κ2) is 4.12. The van der Waals surface area contributed by atoms with Crippen molar-refractivity contribution in [2.24, 2.45) is 7.05 Å². The standard InChI is InChI=1S/C11H14N4OS/c1-13-11(16)15-4-3-14(7-10(15)12-13)6-9-2-5-17-8-9/h2,5,8H,3-4,6-7H2,1H3. The first-order chi connectivity index (χ1) is 8.24. The smallest absolute Gasteiger partial charge is 0.290 e. The lowest BCUT2D eigenvalue weighted by atomic mass is 10.3. The van der Waals surface area contributed by atoms with Crippen molar-refractivity contribution in [3.63, 3.8) is 0 Å². The van der Waals surface area contributed by atoms with Crippen molar-refractivity contribution >= 4 is 11.3 Å². The molecule has 2 aromatic heterocycles. The molecule has 0 unspecified atom stereocenters. The van der Waals surface area contributed by atoms with Crippen molar-refractivity contribution in [1.29, 1.82) is 0 Å². The normalized spacial score (nSPS) is 16.1. The van der Waals surface area contributed by atoms with E-state index >= 15 is 0 Å². The average molecular weight is 250 g/mol. The highest BCUT2D eigenvalue weighted by atomic mass is 32.1. The fourth-order valence-electron chi connectivity index (χ4n) is 2.19. The average Bonchev–Trinajstić information content (AvgIpc) is 2.89. The van der Waals surface area contributed by atoms with Gasteiger partial charge in [-0.1, -0.05) is 0 Å². The molecule has 5 nitrogen and oxygen atoms in total. The first-order valence-electron chi connectivity index (χ1n) is 5.60. The summed E-state index contributed by atoms with van der Waals surface area (Å²) in [5.41, 5.74) is 1.33. The van der Waals surface area contributed by atoms with Crippen LogP contribution in [0.4, 0.5) is 0 Å². The van der Waals surface area contributed by atoms with Gasteiger partial charge in [0, 0.05) is 26.7 Å². The van der Waals surface area contributed by atoms with Crippen LogP contribution in [0.1, 0.15) is 11.4 Å². The SMILES string of the molecule is Cn1nc2n(c1=O)CCN(Cc1ccsc1)C2. The van der Waals surface area contributed by atoms with Crippen LogP contribution in [0.15, 0.2) is 21.6 Å².